The van der Waals surface area contributed by atoms with Gasteiger partial charge in [0, 0.05) is 31.0 Å². The van der Waals surface area contributed by atoms with Crippen LogP contribution in [-0.2, 0) is 9.59 Å². The Morgan fingerprint density at radius 1 is 1.10 bits per heavy atom. The highest BCUT2D eigenvalue weighted by Gasteiger charge is 2.17. The van der Waals surface area contributed by atoms with Gasteiger partial charge in [-0.2, -0.15) is 5.26 Å². The number of aliphatic hydroxyl groups excluding tert-OH is 1. The van der Waals surface area contributed by atoms with Gasteiger partial charge in [-0.05, 0) is 42.5 Å². The van der Waals surface area contributed by atoms with Crippen LogP contribution < -0.4 is 15.4 Å². The Balaban J connectivity index is 0.00000218. The molecule has 0 fully saturated rings. The highest BCUT2D eigenvalue weighted by Crippen LogP contribution is 2.26. The molecule has 0 saturated heterocycles. The molecule has 9 heteroatoms. The number of rotatable bonds is 7. The fraction of sp³-hybridized carbons (Fsp3) is 0.286. The first-order valence-electron chi connectivity index (χ1n) is 8.88. The van der Waals surface area contributed by atoms with Crippen molar-refractivity contribution in [2.45, 2.75) is 20.3 Å². The molecule has 0 spiro atoms. The maximum absolute atomic E-state index is 13.0. The molecule has 3 N–H and O–H groups in total. The first-order valence-corrected chi connectivity index (χ1v) is 8.88. The molecular weight excluding hydrogens is 396 g/mol. The Labute approximate surface area is 173 Å². The molecule has 1 atom stereocenters. The van der Waals surface area contributed by atoms with Crippen molar-refractivity contribution in [3.63, 3.8) is 0 Å². The number of anilines is 2. The molecule has 0 bridgehead atoms. The molecule has 2 rings (SSSR count). The molecule has 7 nitrogen and oxygen atoms in total. The molecule has 2 aromatic carbocycles. The van der Waals surface area contributed by atoms with Crippen LogP contribution in [0.15, 0.2) is 42.5 Å². The average molecular weight is 419 g/mol. The Hall–Kier alpha value is -3.51. The molecule has 0 aromatic heterocycles. The summed E-state index contributed by atoms with van der Waals surface area (Å²) in [6, 6.07) is 12.1. The Kier molecular flexibility index (Phi) is 9.92. The quantitative estimate of drug-likeness (QED) is 0.633. The SMILES string of the molecule is CC(=O)Nc1ccc(OCC(C)C(=O)Nc2ccc(C#N)c(C(F)F)c2)cc1.CO. The van der Waals surface area contributed by atoms with Crippen LogP contribution >= 0.6 is 0 Å². The van der Waals surface area contributed by atoms with E-state index in [1.165, 1.54) is 19.1 Å². The van der Waals surface area contributed by atoms with Crippen LogP contribution in [0.5, 0.6) is 5.75 Å². The van der Waals surface area contributed by atoms with Crippen LogP contribution in [0, 0.1) is 17.2 Å². The van der Waals surface area contributed by atoms with Crippen molar-refractivity contribution < 1.29 is 28.2 Å². The number of nitrogens with zero attached hydrogens (tertiary/aromatic N) is 1. The molecule has 160 valence electrons. The minimum atomic E-state index is -2.81. The van der Waals surface area contributed by atoms with Gasteiger partial charge in [0.15, 0.2) is 0 Å². The lowest BCUT2D eigenvalue weighted by Crippen LogP contribution is -2.25. The summed E-state index contributed by atoms with van der Waals surface area (Å²) >= 11 is 0. The molecule has 0 radical (unpaired) electrons. The van der Waals surface area contributed by atoms with Crippen LogP contribution in [0.2, 0.25) is 0 Å². The zero-order valence-corrected chi connectivity index (χ0v) is 16.8. The number of nitrogens with one attached hydrogen (secondary N) is 2. The lowest BCUT2D eigenvalue weighted by atomic mass is 10.1. The van der Waals surface area contributed by atoms with Crippen LogP contribution in [0.1, 0.15) is 31.4 Å². The maximum atomic E-state index is 13.0. The van der Waals surface area contributed by atoms with Crippen molar-refractivity contribution in [1.29, 1.82) is 5.26 Å². The monoisotopic (exact) mass is 419 g/mol. The van der Waals surface area contributed by atoms with Crippen LogP contribution in [-0.4, -0.2) is 30.6 Å². The van der Waals surface area contributed by atoms with E-state index in [0.717, 1.165) is 13.2 Å². The van der Waals surface area contributed by atoms with Gasteiger partial charge in [0.25, 0.3) is 6.43 Å². The van der Waals surface area contributed by atoms with E-state index in [1.54, 1.807) is 37.3 Å². The lowest BCUT2D eigenvalue weighted by molar-refractivity contribution is -0.120. The smallest absolute Gasteiger partial charge is 0.265 e. The molecule has 0 saturated carbocycles. The molecule has 0 heterocycles. The van der Waals surface area contributed by atoms with Gasteiger partial charge in [-0.25, -0.2) is 8.78 Å². The van der Waals surface area contributed by atoms with Crippen LogP contribution in [0.25, 0.3) is 0 Å². The first kappa shape index (κ1) is 24.5. The number of halogens is 2. The van der Waals surface area contributed by atoms with Gasteiger partial charge in [-0.1, -0.05) is 6.92 Å². The second-order valence-electron chi connectivity index (χ2n) is 6.12. The minimum Gasteiger partial charge on any atom is -0.493 e. The normalized spacial score (nSPS) is 10.9. The number of aliphatic hydroxyl groups is 1. The van der Waals surface area contributed by atoms with E-state index in [9.17, 15) is 18.4 Å². The van der Waals surface area contributed by atoms with E-state index >= 15 is 0 Å². The van der Waals surface area contributed by atoms with Crippen LogP contribution in [0.3, 0.4) is 0 Å². The number of benzene rings is 2. The summed E-state index contributed by atoms with van der Waals surface area (Å²) in [6.07, 6.45) is -2.81. The summed E-state index contributed by atoms with van der Waals surface area (Å²) in [7, 11) is 1.00. The number of ether oxygens (including phenoxy) is 1. The van der Waals surface area contributed by atoms with Gasteiger partial charge in [-0.15, -0.1) is 0 Å². The summed E-state index contributed by atoms with van der Waals surface area (Å²) in [6.45, 7) is 3.12. The van der Waals surface area contributed by atoms with Crippen molar-refractivity contribution >= 4 is 23.2 Å². The maximum Gasteiger partial charge on any atom is 0.265 e. The van der Waals surface area contributed by atoms with Gasteiger partial charge in [0.2, 0.25) is 11.8 Å². The number of hydrogen-bond acceptors (Lipinski definition) is 5. The summed E-state index contributed by atoms with van der Waals surface area (Å²) in [5, 5.41) is 21.0. The van der Waals surface area contributed by atoms with Gasteiger partial charge in [0.05, 0.1) is 24.2 Å². The third-order valence-corrected chi connectivity index (χ3v) is 3.80. The van der Waals surface area contributed by atoms with Crippen molar-refractivity contribution in [2.24, 2.45) is 5.92 Å². The topological polar surface area (TPSA) is 111 Å². The largest absolute Gasteiger partial charge is 0.493 e. The number of alkyl halides is 2. The molecule has 30 heavy (non-hydrogen) atoms. The molecule has 0 aliphatic carbocycles. The predicted molar refractivity (Wildman–Crippen MR) is 108 cm³/mol. The van der Waals surface area contributed by atoms with Crippen molar-refractivity contribution in [2.75, 3.05) is 24.4 Å². The molecular formula is C21H23F2N3O4. The van der Waals surface area contributed by atoms with Crippen LogP contribution in [0.4, 0.5) is 20.2 Å². The molecule has 1 unspecified atom stereocenters. The van der Waals surface area contributed by atoms with Gasteiger partial charge in [0.1, 0.15) is 5.75 Å². The van der Waals surface area contributed by atoms with E-state index in [2.05, 4.69) is 10.6 Å². The van der Waals surface area contributed by atoms with Crippen molar-refractivity contribution in [3.05, 3.63) is 53.6 Å². The second-order valence-corrected chi connectivity index (χ2v) is 6.12. The Bertz CT molecular complexity index is 896. The summed E-state index contributed by atoms with van der Waals surface area (Å²) in [5.41, 5.74) is 0.252. The van der Waals surface area contributed by atoms with Crippen molar-refractivity contribution in [3.8, 4) is 11.8 Å². The first-order chi connectivity index (χ1) is 14.3. The van der Waals surface area contributed by atoms with E-state index in [1.807, 2.05) is 0 Å². The number of carbonyl (C=O) groups excluding carboxylic acids is 2. The molecule has 0 aliphatic heterocycles. The van der Waals surface area contributed by atoms with E-state index in [0.29, 0.717) is 11.4 Å². The standard InChI is InChI=1S/C20H19F2N3O3.CH4O/c1-12(11-28-17-7-5-15(6-8-17)24-13(2)26)20(27)25-16-4-3-14(10-23)18(9-16)19(21)22;1-2/h3-9,12,19H,11H2,1-2H3,(H,24,26)(H,25,27);2H,1H3. The zero-order valence-electron chi connectivity index (χ0n) is 16.8. The third-order valence-electron chi connectivity index (χ3n) is 3.80. The van der Waals surface area contributed by atoms with Gasteiger partial charge in [-0.3, -0.25) is 9.59 Å². The zero-order chi connectivity index (χ0) is 22.7. The number of nitriles is 1. The Morgan fingerprint density at radius 2 is 1.70 bits per heavy atom. The fourth-order valence-corrected chi connectivity index (χ4v) is 2.32. The van der Waals surface area contributed by atoms with Gasteiger partial charge >= 0.3 is 0 Å². The highest BCUT2D eigenvalue weighted by molar-refractivity contribution is 5.92. The Morgan fingerprint density at radius 3 is 2.23 bits per heavy atom. The van der Waals surface area contributed by atoms with Gasteiger partial charge < -0.3 is 20.5 Å². The molecule has 0 aliphatic rings. The highest BCUT2D eigenvalue weighted by atomic mass is 19.3. The van der Waals surface area contributed by atoms with E-state index in [-0.39, 0.29) is 23.8 Å². The fourth-order valence-electron chi connectivity index (χ4n) is 2.32. The number of carbonyl (C=O) groups is 2. The number of amides is 2. The predicted octanol–water partition coefficient (Wildman–Crippen LogP) is 3.72. The molecule has 2 amide bonds. The van der Waals surface area contributed by atoms with E-state index in [4.69, 9.17) is 15.1 Å². The summed E-state index contributed by atoms with van der Waals surface area (Å²) in [5.74, 6) is -0.621. The van der Waals surface area contributed by atoms with Crippen molar-refractivity contribution in [1.82, 2.24) is 0 Å². The average Bonchev–Trinajstić information content (AvgIpc) is 2.73. The number of hydrogen-bond donors (Lipinski definition) is 3. The lowest BCUT2D eigenvalue weighted by Gasteiger charge is -2.15. The molecule has 2 aromatic rings. The third kappa shape index (κ3) is 7.48. The summed E-state index contributed by atoms with van der Waals surface area (Å²) in [4.78, 5) is 23.2. The second kappa shape index (κ2) is 12.1. The minimum absolute atomic E-state index is 0.0727. The van der Waals surface area contributed by atoms with E-state index < -0.39 is 23.8 Å². The summed E-state index contributed by atoms with van der Waals surface area (Å²) < 4.78 is 31.5.